The highest BCUT2D eigenvalue weighted by molar-refractivity contribution is 5.95. The van der Waals surface area contributed by atoms with Crippen molar-refractivity contribution in [2.24, 2.45) is 0 Å². The maximum absolute atomic E-state index is 13.1. The molecule has 0 saturated carbocycles. The lowest BCUT2D eigenvalue weighted by Crippen LogP contribution is -2.08. The molecule has 0 aliphatic heterocycles. The summed E-state index contributed by atoms with van der Waals surface area (Å²) in [4.78, 5) is 11.6. The Kier molecular flexibility index (Phi) is 4.13. The topological polar surface area (TPSA) is 38.3 Å². The molecule has 0 aliphatic rings. The minimum atomic E-state index is -0.401. The molecule has 3 nitrogen and oxygen atoms in total. The van der Waals surface area contributed by atoms with Gasteiger partial charge in [0, 0.05) is 12.2 Å². The van der Waals surface area contributed by atoms with Gasteiger partial charge in [0.05, 0.1) is 12.7 Å². The van der Waals surface area contributed by atoms with Crippen LogP contribution < -0.4 is 5.32 Å². The van der Waals surface area contributed by atoms with Gasteiger partial charge in [-0.1, -0.05) is 24.3 Å². The van der Waals surface area contributed by atoms with E-state index >= 15 is 0 Å². The van der Waals surface area contributed by atoms with Crippen LogP contribution in [0.25, 0.3) is 0 Å². The molecule has 0 unspecified atom stereocenters. The van der Waals surface area contributed by atoms with Crippen molar-refractivity contribution in [1.29, 1.82) is 0 Å². The number of esters is 1. The fourth-order valence-electron chi connectivity index (χ4n) is 1.77. The largest absolute Gasteiger partial charge is 0.465 e. The Bertz CT molecular complexity index is 584. The molecule has 2 rings (SSSR count). The second-order valence-electron chi connectivity index (χ2n) is 4.02. The number of halogens is 1. The maximum Gasteiger partial charge on any atom is 0.339 e. The predicted molar refractivity (Wildman–Crippen MR) is 71.5 cm³/mol. The number of methoxy groups -OCH3 is 1. The monoisotopic (exact) mass is 259 g/mol. The van der Waals surface area contributed by atoms with Gasteiger partial charge in [0.25, 0.3) is 0 Å². The van der Waals surface area contributed by atoms with E-state index in [0.29, 0.717) is 17.8 Å². The second kappa shape index (κ2) is 6.00. The third-order valence-electron chi connectivity index (χ3n) is 2.70. The van der Waals surface area contributed by atoms with Crippen molar-refractivity contribution in [2.45, 2.75) is 6.54 Å². The molecular weight excluding hydrogens is 245 g/mol. The highest BCUT2D eigenvalue weighted by atomic mass is 19.1. The quantitative estimate of drug-likeness (QED) is 0.857. The smallest absolute Gasteiger partial charge is 0.339 e. The maximum atomic E-state index is 13.1. The molecule has 0 heterocycles. The second-order valence-corrected chi connectivity index (χ2v) is 4.02. The summed E-state index contributed by atoms with van der Waals surface area (Å²) in [6.45, 7) is 0.436. The molecule has 0 spiro atoms. The zero-order chi connectivity index (χ0) is 13.7. The van der Waals surface area contributed by atoms with E-state index in [4.69, 9.17) is 4.74 Å². The van der Waals surface area contributed by atoms with E-state index in [9.17, 15) is 9.18 Å². The van der Waals surface area contributed by atoms with E-state index in [1.165, 1.54) is 19.2 Å². The van der Waals surface area contributed by atoms with Crippen LogP contribution in [0.15, 0.2) is 48.5 Å². The first-order chi connectivity index (χ1) is 9.20. The third kappa shape index (κ3) is 3.31. The Morgan fingerprint density at radius 1 is 1.21 bits per heavy atom. The summed E-state index contributed by atoms with van der Waals surface area (Å²) >= 11 is 0. The molecule has 0 saturated heterocycles. The first-order valence-electron chi connectivity index (χ1n) is 5.86. The summed E-state index contributed by atoms with van der Waals surface area (Å²) in [5.74, 6) is -0.678. The van der Waals surface area contributed by atoms with E-state index in [2.05, 4.69) is 5.32 Å². The molecule has 1 N–H and O–H groups in total. The fraction of sp³-hybridized carbons (Fsp3) is 0.133. The summed E-state index contributed by atoms with van der Waals surface area (Å²) in [7, 11) is 1.34. The molecule has 0 fully saturated rings. The Morgan fingerprint density at radius 3 is 2.74 bits per heavy atom. The lowest BCUT2D eigenvalue weighted by atomic mass is 10.1. The van der Waals surface area contributed by atoms with Crippen molar-refractivity contribution in [3.05, 3.63) is 65.5 Å². The van der Waals surface area contributed by atoms with Gasteiger partial charge in [-0.15, -0.1) is 0 Å². The Hall–Kier alpha value is -2.36. The van der Waals surface area contributed by atoms with Gasteiger partial charge in [0.2, 0.25) is 0 Å². The van der Waals surface area contributed by atoms with Gasteiger partial charge >= 0.3 is 5.97 Å². The van der Waals surface area contributed by atoms with Crippen LogP contribution in [0.4, 0.5) is 10.1 Å². The SMILES string of the molecule is COC(=O)c1ccccc1NCc1cccc(F)c1. The van der Waals surface area contributed by atoms with Crippen molar-refractivity contribution in [2.75, 3.05) is 12.4 Å². The summed E-state index contributed by atoms with van der Waals surface area (Å²) in [5, 5.41) is 3.10. The molecule has 0 aromatic heterocycles. The summed E-state index contributed by atoms with van der Waals surface area (Å²) in [6.07, 6.45) is 0. The standard InChI is InChI=1S/C15H14FNO2/c1-19-15(18)13-7-2-3-8-14(13)17-10-11-5-4-6-12(16)9-11/h2-9,17H,10H2,1H3. The fourth-order valence-corrected chi connectivity index (χ4v) is 1.77. The number of hydrogen-bond acceptors (Lipinski definition) is 3. The van der Waals surface area contributed by atoms with Crippen LogP contribution in [-0.2, 0) is 11.3 Å². The minimum Gasteiger partial charge on any atom is -0.465 e. The van der Waals surface area contributed by atoms with Crippen molar-refractivity contribution in [3.63, 3.8) is 0 Å². The zero-order valence-electron chi connectivity index (χ0n) is 10.5. The van der Waals surface area contributed by atoms with Crippen LogP contribution in [0.1, 0.15) is 15.9 Å². The number of ether oxygens (including phenoxy) is 1. The molecule has 0 radical (unpaired) electrons. The van der Waals surface area contributed by atoms with Gasteiger partial charge in [-0.3, -0.25) is 0 Å². The normalized spacial score (nSPS) is 10.0. The van der Waals surface area contributed by atoms with Gasteiger partial charge in [-0.05, 0) is 29.8 Å². The van der Waals surface area contributed by atoms with Gasteiger partial charge in [-0.25, -0.2) is 9.18 Å². The summed E-state index contributed by atoms with van der Waals surface area (Å²) in [5.41, 5.74) is 1.93. The van der Waals surface area contributed by atoms with Gasteiger partial charge in [0.15, 0.2) is 0 Å². The molecule has 19 heavy (non-hydrogen) atoms. The zero-order valence-corrected chi connectivity index (χ0v) is 10.5. The highest BCUT2D eigenvalue weighted by Crippen LogP contribution is 2.17. The van der Waals surface area contributed by atoms with Crippen LogP contribution >= 0.6 is 0 Å². The number of anilines is 1. The minimum absolute atomic E-state index is 0.277. The van der Waals surface area contributed by atoms with Crippen molar-refractivity contribution in [3.8, 4) is 0 Å². The molecule has 0 atom stereocenters. The van der Waals surface area contributed by atoms with Crippen LogP contribution in [0.3, 0.4) is 0 Å². The van der Waals surface area contributed by atoms with E-state index in [-0.39, 0.29) is 5.82 Å². The number of hydrogen-bond donors (Lipinski definition) is 1. The molecule has 2 aromatic rings. The summed E-state index contributed by atoms with van der Waals surface area (Å²) < 4.78 is 17.8. The van der Waals surface area contributed by atoms with Crippen molar-refractivity contribution >= 4 is 11.7 Å². The van der Waals surface area contributed by atoms with Crippen LogP contribution in [0.5, 0.6) is 0 Å². The number of carbonyl (C=O) groups is 1. The average Bonchev–Trinajstić information content (AvgIpc) is 2.45. The number of nitrogens with one attached hydrogen (secondary N) is 1. The van der Waals surface area contributed by atoms with Gasteiger partial charge < -0.3 is 10.1 Å². The third-order valence-corrected chi connectivity index (χ3v) is 2.70. The van der Waals surface area contributed by atoms with Crippen LogP contribution in [-0.4, -0.2) is 13.1 Å². The van der Waals surface area contributed by atoms with Crippen LogP contribution in [0, 0.1) is 5.82 Å². The Morgan fingerprint density at radius 2 is 2.00 bits per heavy atom. The summed E-state index contributed by atoms with van der Waals surface area (Å²) in [6, 6.07) is 13.4. The first kappa shape index (κ1) is 13.1. The Labute approximate surface area is 111 Å². The van der Waals surface area contributed by atoms with Gasteiger partial charge in [-0.2, -0.15) is 0 Å². The molecular formula is C15H14FNO2. The lowest BCUT2D eigenvalue weighted by Gasteiger charge is -2.10. The van der Waals surface area contributed by atoms with Gasteiger partial charge in [0.1, 0.15) is 5.82 Å². The Balaban J connectivity index is 2.13. The number of benzene rings is 2. The van der Waals surface area contributed by atoms with Crippen molar-refractivity contribution in [1.82, 2.24) is 0 Å². The van der Waals surface area contributed by atoms with E-state index in [0.717, 1.165) is 5.56 Å². The predicted octanol–water partition coefficient (Wildman–Crippen LogP) is 3.22. The van der Waals surface area contributed by atoms with E-state index < -0.39 is 5.97 Å². The molecule has 98 valence electrons. The number of rotatable bonds is 4. The number of para-hydroxylation sites is 1. The average molecular weight is 259 g/mol. The van der Waals surface area contributed by atoms with E-state index in [1.54, 1.807) is 24.3 Å². The molecule has 0 aliphatic carbocycles. The van der Waals surface area contributed by atoms with Crippen molar-refractivity contribution < 1.29 is 13.9 Å². The van der Waals surface area contributed by atoms with Crippen LogP contribution in [0.2, 0.25) is 0 Å². The molecule has 4 heteroatoms. The highest BCUT2D eigenvalue weighted by Gasteiger charge is 2.10. The molecule has 0 amide bonds. The number of carbonyl (C=O) groups excluding carboxylic acids is 1. The lowest BCUT2D eigenvalue weighted by molar-refractivity contribution is 0.0602. The first-order valence-corrected chi connectivity index (χ1v) is 5.86. The molecule has 2 aromatic carbocycles. The molecule has 0 bridgehead atoms. The van der Waals surface area contributed by atoms with E-state index in [1.807, 2.05) is 12.1 Å².